The van der Waals surface area contributed by atoms with E-state index in [-0.39, 0.29) is 10.8 Å². The molecule has 0 saturated carbocycles. The summed E-state index contributed by atoms with van der Waals surface area (Å²) in [4.78, 5) is 0.231. The fraction of sp³-hybridized carbons (Fsp3) is 0.500. The Bertz CT molecular complexity index is 540. The van der Waals surface area contributed by atoms with E-state index >= 15 is 0 Å². The third-order valence-corrected chi connectivity index (χ3v) is 5.53. The molecule has 106 valence electrons. The van der Waals surface area contributed by atoms with Gasteiger partial charge in [0.15, 0.2) is 0 Å². The smallest absolute Gasteiger partial charge is 0.243 e. The van der Waals surface area contributed by atoms with Gasteiger partial charge >= 0.3 is 0 Å². The molecule has 1 aromatic rings. The summed E-state index contributed by atoms with van der Waals surface area (Å²) in [6.45, 7) is 1.87. The minimum Gasteiger partial charge on any atom is -0.380 e. The van der Waals surface area contributed by atoms with Gasteiger partial charge in [-0.15, -0.1) is 11.6 Å². The fourth-order valence-electron chi connectivity index (χ4n) is 1.93. The van der Waals surface area contributed by atoms with Gasteiger partial charge in [-0.05, 0) is 30.2 Å². The molecule has 0 bridgehead atoms. The van der Waals surface area contributed by atoms with Crippen LogP contribution in [0.1, 0.15) is 12.0 Å². The molecule has 7 heteroatoms. The Morgan fingerprint density at radius 3 is 2.79 bits per heavy atom. The molecule has 1 aliphatic rings. The van der Waals surface area contributed by atoms with E-state index in [1.54, 1.807) is 6.07 Å². The minimum atomic E-state index is -3.50. The van der Waals surface area contributed by atoms with Gasteiger partial charge in [0, 0.05) is 30.6 Å². The first-order chi connectivity index (χ1) is 9.05. The molecule has 2 rings (SSSR count). The van der Waals surface area contributed by atoms with Gasteiger partial charge in [-0.25, -0.2) is 8.42 Å². The fourth-order valence-corrected chi connectivity index (χ4v) is 3.91. The lowest BCUT2D eigenvalue weighted by Gasteiger charge is -2.19. The van der Waals surface area contributed by atoms with Gasteiger partial charge in [0.1, 0.15) is 0 Å². The van der Waals surface area contributed by atoms with Crippen LogP contribution in [0.15, 0.2) is 23.1 Å². The van der Waals surface area contributed by atoms with Crippen LogP contribution in [0.5, 0.6) is 0 Å². The summed E-state index contributed by atoms with van der Waals surface area (Å²) in [6, 6.07) is 4.62. The highest BCUT2D eigenvalue weighted by molar-refractivity contribution is 7.89. The molecule has 19 heavy (non-hydrogen) atoms. The van der Waals surface area contributed by atoms with Gasteiger partial charge in [0.05, 0.1) is 11.5 Å². The van der Waals surface area contributed by atoms with Crippen LogP contribution in [-0.2, 0) is 20.6 Å². The molecule has 1 aliphatic heterocycles. The zero-order valence-corrected chi connectivity index (χ0v) is 12.6. The molecule has 0 unspecified atom stereocenters. The largest absolute Gasteiger partial charge is 0.380 e. The highest BCUT2D eigenvalue weighted by Crippen LogP contribution is 2.24. The van der Waals surface area contributed by atoms with Gasteiger partial charge in [-0.2, -0.15) is 4.31 Å². The van der Waals surface area contributed by atoms with Gasteiger partial charge in [-0.3, -0.25) is 0 Å². The maximum Gasteiger partial charge on any atom is 0.243 e. The second-order valence-electron chi connectivity index (χ2n) is 4.26. The maximum absolute atomic E-state index is 12.5. The van der Waals surface area contributed by atoms with E-state index in [0.29, 0.717) is 43.3 Å². The molecule has 4 nitrogen and oxygen atoms in total. The Hall–Kier alpha value is -0.330. The summed E-state index contributed by atoms with van der Waals surface area (Å²) >= 11 is 11.7. The van der Waals surface area contributed by atoms with Crippen molar-refractivity contribution in [3.8, 4) is 0 Å². The van der Waals surface area contributed by atoms with Crippen LogP contribution in [0.2, 0.25) is 5.02 Å². The first-order valence-corrected chi connectivity index (χ1v) is 8.33. The van der Waals surface area contributed by atoms with Crippen LogP contribution in [0.4, 0.5) is 0 Å². The molecule has 0 aliphatic carbocycles. The molecule has 0 N–H and O–H groups in total. The van der Waals surface area contributed by atoms with Crippen LogP contribution < -0.4 is 0 Å². The summed E-state index contributed by atoms with van der Waals surface area (Å²) in [7, 11) is -3.50. The summed E-state index contributed by atoms with van der Waals surface area (Å²) in [5, 5.41) is 0.480. The van der Waals surface area contributed by atoms with E-state index in [1.807, 2.05) is 0 Å². The molecule has 1 fully saturated rings. The summed E-state index contributed by atoms with van der Waals surface area (Å²) in [5.74, 6) is 0.186. The van der Waals surface area contributed by atoms with Crippen molar-refractivity contribution in [3.63, 3.8) is 0 Å². The van der Waals surface area contributed by atoms with Crippen LogP contribution in [0.3, 0.4) is 0 Å². The Balaban J connectivity index is 2.32. The van der Waals surface area contributed by atoms with E-state index in [2.05, 4.69) is 0 Å². The molecule has 1 heterocycles. The van der Waals surface area contributed by atoms with Gasteiger partial charge in [0.25, 0.3) is 0 Å². The number of rotatable bonds is 3. The number of sulfonamides is 1. The predicted molar refractivity (Wildman–Crippen MR) is 75.2 cm³/mol. The van der Waals surface area contributed by atoms with Crippen molar-refractivity contribution in [2.24, 2.45) is 0 Å². The summed E-state index contributed by atoms with van der Waals surface area (Å²) < 4.78 is 31.7. The van der Waals surface area contributed by atoms with Crippen molar-refractivity contribution in [2.75, 3.05) is 26.3 Å². The monoisotopic (exact) mass is 323 g/mol. The molecule has 0 aromatic heterocycles. The molecule has 0 amide bonds. The Morgan fingerprint density at radius 2 is 2.05 bits per heavy atom. The van der Waals surface area contributed by atoms with Crippen LogP contribution in [0, 0.1) is 0 Å². The molecule has 0 radical (unpaired) electrons. The second-order valence-corrected chi connectivity index (χ2v) is 6.87. The lowest BCUT2D eigenvalue weighted by Crippen LogP contribution is -2.33. The number of ether oxygens (including phenoxy) is 1. The number of nitrogens with zero attached hydrogens (tertiary/aromatic N) is 1. The lowest BCUT2D eigenvalue weighted by molar-refractivity contribution is 0.148. The zero-order valence-electron chi connectivity index (χ0n) is 10.3. The van der Waals surface area contributed by atoms with E-state index in [9.17, 15) is 8.42 Å². The van der Waals surface area contributed by atoms with Crippen molar-refractivity contribution in [1.29, 1.82) is 0 Å². The van der Waals surface area contributed by atoms with Crippen LogP contribution in [0.25, 0.3) is 0 Å². The predicted octanol–water partition coefficient (Wildman–Crippen LogP) is 2.49. The van der Waals surface area contributed by atoms with Gasteiger partial charge in [0.2, 0.25) is 10.0 Å². The molecule has 0 spiro atoms. The van der Waals surface area contributed by atoms with Crippen molar-refractivity contribution >= 4 is 33.2 Å². The van der Waals surface area contributed by atoms with E-state index in [4.69, 9.17) is 27.9 Å². The topological polar surface area (TPSA) is 46.6 Å². The highest BCUT2D eigenvalue weighted by atomic mass is 35.5. The molecular weight excluding hydrogens is 309 g/mol. The van der Waals surface area contributed by atoms with Gasteiger partial charge < -0.3 is 4.74 Å². The Kier molecular flexibility index (Phi) is 5.09. The zero-order chi connectivity index (χ0) is 13.9. The summed E-state index contributed by atoms with van der Waals surface area (Å²) in [5.41, 5.74) is 0.621. The number of halogens is 2. The molecular formula is C12H15Cl2NO3S. The first-order valence-electron chi connectivity index (χ1n) is 5.98. The van der Waals surface area contributed by atoms with Crippen LogP contribution >= 0.6 is 23.2 Å². The Morgan fingerprint density at radius 1 is 1.26 bits per heavy atom. The molecule has 0 atom stereocenters. The number of hydrogen-bond acceptors (Lipinski definition) is 3. The third-order valence-electron chi connectivity index (χ3n) is 2.98. The minimum absolute atomic E-state index is 0.186. The van der Waals surface area contributed by atoms with Crippen LogP contribution in [-0.4, -0.2) is 39.0 Å². The number of hydrogen-bond donors (Lipinski definition) is 0. The van der Waals surface area contributed by atoms with Crippen molar-refractivity contribution < 1.29 is 13.2 Å². The van der Waals surface area contributed by atoms with Gasteiger partial charge in [-0.1, -0.05) is 11.6 Å². The van der Waals surface area contributed by atoms with E-state index in [1.165, 1.54) is 16.4 Å². The first kappa shape index (κ1) is 15.1. The summed E-state index contributed by atoms with van der Waals surface area (Å²) in [6.07, 6.45) is 0.704. The van der Waals surface area contributed by atoms with E-state index in [0.717, 1.165) is 0 Å². The average molecular weight is 324 g/mol. The highest BCUT2D eigenvalue weighted by Gasteiger charge is 2.25. The number of benzene rings is 1. The average Bonchev–Trinajstić information content (AvgIpc) is 2.68. The van der Waals surface area contributed by atoms with E-state index < -0.39 is 10.0 Å². The lowest BCUT2D eigenvalue weighted by atomic mass is 10.2. The number of alkyl halides is 1. The van der Waals surface area contributed by atoms with Crippen molar-refractivity contribution in [1.82, 2.24) is 4.31 Å². The normalized spacial score (nSPS) is 18.2. The van der Waals surface area contributed by atoms with Crippen molar-refractivity contribution in [2.45, 2.75) is 17.2 Å². The second kappa shape index (κ2) is 6.41. The molecule has 1 saturated heterocycles. The van der Waals surface area contributed by atoms with Crippen molar-refractivity contribution in [3.05, 3.63) is 28.8 Å². The quantitative estimate of drug-likeness (QED) is 0.803. The maximum atomic E-state index is 12.5. The SMILES string of the molecule is O=S(=O)(c1ccc(Cl)c(CCl)c1)N1CCCOCC1. The Labute approximate surface area is 123 Å². The molecule has 1 aromatic carbocycles. The third kappa shape index (κ3) is 3.41. The standard InChI is InChI=1S/C12H15Cl2NO3S/c13-9-10-8-11(2-3-12(10)14)19(16,17)15-4-1-6-18-7-5-15/h2-3,8H,1,4-7,9H2.